The van der Waals surface area contributed by atoms with Gasteiger partial charge in [-0.3, -0.25) is 9.59 Å². The Labute approximate surface area is 87.8 Å². The first kappa shape index (κ1) is 11.6. The molecule has 1 saturated heterocycles. The van der Waals surface area contributed by atoms with Crippen LogP contribution in [0.25, 0.3) is 0 Å². The number of aldehydes is 1. The molecule has 1 aliphatic heterocycles. The molecule has 6 heteroatoms. The van der Waals surface area contributed by atoms with E-state index >= 15 is 0 Å². The highest BCUT2D eigenvalue weighted by molar-refractivity contribution is 5.87. The van der Waals surface area contributed by atoms with Crippen molar-refractivity contribution in [2.75, 3.05) is 19.6 Å². The Morgan fingerprint density at radius 2 is 2.27 bits per heavy atom. The number of hydrogen-bond acceptors (Lipinski definition) is 4. The minimum absolute atomic E-state index is 0.0830. The van der Waals surface area contributed by atoms with Gasteiger partial charge in [0.25, 0.3) is 0 Å². The molecule has 1 atom stereocenters. The van der Waals surface area contributed by atoms with E-state index in [-0.39, 0.29) is 30.9 Å². The summed E-state index contributed by atoms with van der Waals surface area (Å²) in [5.41, 5.74) is 5.07. The van der Waals surface area contributed by atoms with Gasteiger partial charge < -0.3 is 20.7 Å². The molecule has 0 unspecified atom stereocenters. The maximum absolute atomic E-state index is 11.5. The van der Waals surface area contributed by atoms with Crippen LogP contribution >= 0.6 is 0 Å². The third-order valence-corrected chi connectivity index (χ3v) is 2.40. The first-order chi connectivity index (χ1) is 7.19. The SMILES string of the molecule is NCC(=O)NCC(=O)N1CCC[C@H]1C=O. The van der Waals surface area contributed by atoms with Crippen molar-refractivity contribution >= 4 is 18.1 Å². The molecule has 0 aliphatic carbocycles. The lowest BCUT2D eigenvalue weighted by atomic mass is 10.2. The lowest BCUT2D eigenvalue weighted by Gasteiger charge is -2.20. The molecule has 1 fully saturated rings. The van der Waals surface area contributed by atoms with Gasteiger partial charge in [-0.15, -0.1) is 0 Å². The van der Waals surface area contributed by atoms with Crippen LogP contribution in [0, 0.1) is 0 Å². The number of hydrogen-bond donors (Lipinski definition) is 2. The van der Waals surface area contributed by atoms with Gasteiger partial charge in [0.1, 0.15) is 6.29 Å². The van der Waals surface area contributed by atoms with Crippen LogP contribution in [0.1, 0.15) is 12.8 Å². The maximum Gasteiger partial charge on any atom is 0.242 e. The maximum atomic E-state index is 11.5. The lowest BCUT2D eigenvalue weighted by Crippen LogP contribution is -2.44. The fourth-order valence-corrected chi connectivity index (χ4v) is 1.59. The second-order valence-electron chi connectivity index (χ2n) is 3.41. The third kappa shape index (κ3) is 3.02. The van der Waals surface area contributed by atoms with Crippen molar-refractivity contribution in [2.45, 2.75) is 18.9 Å². The summed E-state index contributed by atoms with van der Waals surface area (Å²) in [4.78, 5) is 34.5. The number of carbonyl (C=O) groups excluding carboxylic acids is 3. The Balaban J connectivity index is 2.39. The summed E-state index contributed by atoms with van der Waals surface area (Å²) >= 11 is 0. The molecule has 1 aliphatic rings. The minimum Gasteiger partial charge on any atom is -0.346 e. The molecule has 6 nitrogen and oxygen atoms in total. The molecule has 3 N–H and O–H groups in total. The molecular weight excluding hydrogens is 198 g/mol. The predicted molar refractivity (Wildman–Crippen MR) is 52.9 cm³/mol. The standard InChI is InChI=1S/C9H15N3O3/c10-4-8(14)11-5-9(15)12-3-1-2-7(12)6-13/h6-7H,1-5,10H2,(H,11,14)/t7-/m0/s1. The molecule has 15 heavy (non-hydrogen) atoms. The molecule has 0 bridgehead atoms. The van der Waals surface area contributed by atoms with E-state index < -0.39 is 0 Å². The van der Waals surface area contributed by atoms with Gasteiger partial charge in [-0.05, 0) is 12.8 Å². The fourth-order valence-electron chi connectivity index (χ4n) is 1.59. The Morgan fingerprint density at radius 3 is 2.87 bits per heavy atom. The number of amides is 2. The first-order valence-corrected chi connectivity index (χ1v) is 4.90. The highest BCUT2D eigenvalue weighted by Crippen LogP contribution is 2.14. The highest BCUT2D eigenvalue weighted by atomic mass is 16.2. The van der Waals surface area contributed by atoms with E-state index in [0.29, 0.717) is 13.0 Å². The van der Waals surface area contributed by atoms with Gasteiger partial charge in [-0.25, -0.2) is 0 Å². The number of likely N-dealkylation sites (tertiary alicyclic amines) is 1. The topological polar surface area (TPSA) is 92.5 Å². The van der Waals surface area contributed by atoms with Gasteiger partial charge in [-0.2, -0.15) is 0 Å². The van der Waals surface area contributed by atoms with Crippen molar-refractivity contribution in [2.24, 2.45) is 5.73 Å². The predicted octanol–water partition coefficient (Wildman–Crippen LogP) is -1.75. The van der Waals surface area contributed by atoms with Crippen molar-refractivity contribution in [1.29, 1.82) is 0 Å². The lowest BCUT2D eigenvalue weighted by molar-refractivity contribution is -0.135. The fraction of sp³-hybridized carbons (Fsp3) is 0.667. The second kappa shape index (κ2) is 5.45. The van der Waals surface area contributed by atoms with Crippen LogP contribution < -0.4 is 11.1 Å². The Kier molecular flexibility index (Phi) is 4.23. The number of nitrogens with one attached hydrogen (secondary N) is 1. The molecule has 84 valence electrons. The van der Waals surface area contributed by atoms with E-state index in [1.807, 2.05) is 0 Å². The van der Waals surface area contributed by atoms with Crippen LogP contribution in [-0.4, -0.2) is 48.7 Å². The number of nitrogens with two attached hydrogens (primary N) is 1. The number of nitrogens with zero attached hydrogens (tertiary/aromatic N) is 1. The van der Waals surface area contributed by atoms with E-state index in [4.69, 9.17) is 5.73 Å². The van der Waals surface area contributed by atoms with Crippen molar-refractivity contribution in [3.63, 3.8) is 0 Å². The smallest absolute Gasteiger partial charge is 0.242 e. The van der Waals surface area contributed by atoms with E-state index in [1.165, 1.54) is 4.90 Å². The molecule has 0 radical (unpaired) electrons. The molecule has 0 spiro atoms. The molecular formula is C9H15N3O3. The van der Waals surface area contributed by atoms with Crippen molar-refractivity contribution in [3.8, 4) is 0 Å². The molecule has 0 aromatic heterocycles. The molecule has 0 aromatic rings. The van der Waals surface area contributed by atoms with Gasteiger partial charge in [0.15, 0.2) is 0 Å². The van der Waals surface area contributed by atoms with Crippen LogP contribution in [-0.2, 0) is 14.4 Å². The van der Waals surface area contributed by atoms with Gasteiger partial charge in [0.05, 0.1) is 19.1 Å². The molecule has 0 aromatic carbocycles. The Hall–Kier alpha value is -1.43. The van der Waals surface area contributed by atoms with Gasteiger partial charge in [0, 0.05) is 6.54 Å². The van der Waals surface area contributed by atoms with Crippen molar-refractivity contribution < 1.29 is 14.4 Å². The normalized spacial score (nSPS) is 20.1. The van der Waals surface area contributed by atoms with Gasteiger partial charge >= 0.3 is 0 Å². The zero-order chi connectivity index (χ0) is 11.3. The van der Waals surface area contributed by atoms with Crippen LogP contribution in [0.2, 0.25) is 0 Å². The summed E-state index contributed by atoms with van der Waals surface area (Å²) in [5, 5.41) is 2.38. The molecule has 2 amide bonds. The highest BCUT2D eigenvalue weighted by Gasteiger charge is 2.27. The quantitative estimate of drug-likeness (QED) is 0.542. The van der Waals surface area contributed by atoms with E-state index in [1.54, 1.807) is 0 Å². The van der Waals surface area contributed by atoms with Crippen LogP contribution in [0.4, 0.5) is 0 Å². The van der Waals surface area contributed by atoms with Crippen LogP contribution in [0.5, 0.6) is 0 Å². The zero-order valence-electron chi connectivity index (χ0n) is 8.44. The van der Waals surface area contributed by atoms with Crippen molar-refractivity contribution in [1.82, 2.24) is 10.2 Å². The monoisotopic (exact) mass is 213 g/mol. The summed E-state index contributed by atoms with van der Waals surface area (Å²) in [5.74, 6) is -0.600. The van der Waals surface area contributed by atoms with Crippen molar-refractivity contribution in [3.05, 3.63) is 0 Å². The zero-order valence-corrected chi connectivity index (χ0v) is 8.44. The number of rotatable bonds is 4. The van der Waals surface area contributed by atoms with E-state index in [0.717, 1.165) is 12.7 Å². The second-order valence-corrected chi connectivity index (χ2v) is 3.41. The number of carbonyl (C=O) groups is 3. The van der Waals surface area contributed by atoms with Gasteiger partial charge in [-0.1, -0.05) is 0 Å². The Morgan fingerprint density at radius 1 is 1.53 bits per heavy atom. The summed E-state index contributed by atoms with van der Waals surface area (Å²) in [6.07, 6.45) is 2.32. The molecule has 1 heterocycles. The van der Waals surface area contributed by atoms with E-state index in [9.17, 15) is 14.4 Å². The minimum atomic E-state index is -0.370. The summed E-state index contributed by atoms with van der Waals surface area (Å²) in [6.45, 7) is 0.367. The summed E-state index contributed by atoms with van der Waals surface area (Å²) in [7, 11) is 0. The van der Waals surface area contributed by atoms with E-state index in [2.05, 4.69) is 5.32 Å². The largest absolute Gasteiger partial charge is 0.346 e. The molecule has 0 saturated carbocycles. The van der Waals surface area contributed by atoms with Crippen LogP contribution in [0.15, 0.2) is 0 Å². The summed E-state index contributed by atoms with van der Waals surface area (Å²) < 4.78 is 0. The molecule has 1 rings (SSSR count). The van der Waals surface area contributed by atoms with Gasteiger partial charge in [0.2, 0.25) is 11.8 Å². The summed E-state index contributed by atoms with van der Waals surface area (Å²) in [6, 6.07) is -0.327. The third-order valence-electron chi connectivity index (χ3n) is 2.40. The van der Waals surface area contributed by atoms with Crippen LogP contribution in [0.3, 0.4) is 0 Å². The average molecular weight is 213 g/mol. The Bertz CT molecular complexity index is 267. The average Bonchev–Trinajstić information content (AvgIpc) is 2.73. The first-order valence-electron chi connectivity index (χ1n) is 4.90.